The molecule has 0 atom stereocenters. The summed E-state index contributed by atoms with van der Waals surface area (Å²) in [5, 5.41) is 16.3. The number of benzene rings is 3. The Kier molecular flexibility index (Phi) is 4.24. The van der Waals surface area contributed by atoms with Gasteiger partial charge in [-0.25, -0.2) is 0 Å². The van der Waals surface area contributed by atoms with Gasteiger partial charge in [0.15, 0.2) is 7.05 Å². The van der Waals surface area contributed by atoms with Crippen LogP contribution in [0, 0.1) is 18.3 Å². The lowest BCUT2D eigenvalue weighted by atomic mass is 9.94. The second-order valence-electron chi connectivity index (χ2n) is 7.38. The lowest BCUT2D eigenvalue weighted by Crippen LogP contribution is -2.38. The molecule has 0 N–H and O–H groups in total. The van der Waals surface area contributed by atoms with E-state index in [1.54, 1.807) is 18.2 Å². The van der Waals surface area contributed by atoms with E-state index in [-0.39, 0.29) is 10.9 Å². The molecule has 5 rings (SSSR count). The fraction of sp³-hybridized carbons (Fsp3) is 0.125. The topological polar surface area (TPSA) is 40.6 Å². The number of rotatable bonds is 1. The molecule has 7 heteroatoms. The zero-order chi connectivity index (χ0) is 21.9. The van der Waals surface area contributed by atoms with Crippen LogP contribution in [0.15, 0.2) is 54.6 Å². The van der Waals surface area contributed by atoms with Crippen LogP contribution in [-0.4, -0.2) is 5.10 Å². The second-order valence-corrected chi connectivity index (χ2v) is 8.43. The summed E-state index contributed by atoms with van der Waals surface area (Å²) >= 11 is 1.51. The Morgan fingerprint density at radius 2 is 1.68 bits per heavy atom. The van der Waals surface area contributed by atoms with Crippen LogP contribution in [0.2, 0.25) is 0 Å². The van der Waals surface area contributed by atoms with E-state index in [4.69, 9.17) is 0 Å². The Morgan fingerprint density at radius 3 is 2.35 bits per heavy atom. The van der Waals surface area contributed by atoms with E-state index in [0.717, 1.165) is 20.5 Å². The highest BCUT2D eigenvalue weighted by atomic mass is 32.1. The van der Waals surface area contributed by atoms with Gasteiger partial charge in [-0.1, -0.05) is 47.1 Å². The summed E-state index contributed by atoms with van der Waals surface area (Å²) in [6.07, 6.45) is -4.70. The Morgan fingerprint density at radius 1 is 1.00 bits per heavy atom. The van der Waals surface area contributed by atoms with Gasteiger partial charge in [0, 0.05) is 20.6 Å². The molecule has 0 fully saturated rings. The SMILES string of the molecule is Cc1c(-c2c3cc4ccccc4c(C#N)c3c(C(F)(F)F)n[n+]2C)sc2ccccc12. The van der Waals surface area contributed by atoms with E-state index in [1.165, 1.54) is 23.1 Å². The molecule has 5 aromatic rings. The average molecular weight is 434 g/mol. The molecule has 3 nitrogen and oxygen atoms in total. The van der Waals surface area contributed by atoms with Gasteiger partial charge in [0.1, 0.15) is 10.9 Å². The third kappa shape index (κ3) is 2.87. The number of aryl methyl sites for hydroxylation is 2. The first-order chi connectivity index (χ1) is 14.8. The summed E-state index contributed by atoms with van der Waals surface area (Å²) in [5.74, 6) is 0. The molecule has 0 saturated carbocycles. The zero-order valence-corrected chi connectivity index (χ0v) is 17.4. The molecule has 0 spiro atoms. The fourth-order valence-corrected chi connectivity index (χ4v) is 5.49. The van der Waals surface area contributed by atoms with Crippen LogP contribution < -0.4 is 4.68 Å². The molecule has 0 amide bonds. The largest absolute Gasteiger partial charge is 0.439 e. The molecular weight excluding hydrogens is 419 g/mol. The van der Waals surface area contributed by atoms with Crippen molar-refractivity contribution in [2.45, 2.75) is 13.1 Å². The molecule has 0 saturated heterocycles. The number of fused-ring (bicyclic) bond motifs is 3. The Balaban J connectivity index is 2.04. The molecule has 2 heterocycles. The lowest BCUT2D eigenvalue weighted by Gasteiger charge is -2.13. The van der Waals surface area contributed by atoms with Gasteiger partial charge in [-0.3, -0.25) is 0 Å². The minimum absolute atomic E-state index is 0.00598. The maximum absolute atomic E-state index is 14.0. The van der Waals surface area contributed by atoms with E-state index in [1.807, 2.05) is 49.4 Å². The summed E-state index contributed by atoms with van der Waals surface area (Å²) < 4.78 is 44.4. The standard InChI is InChI=1S/C24H15F3N3S/c1-13-15-8-5-6-10-19(15)31-22(13)21-17-11-14-7-3-4-9-16(14)18(12-28)20(17)23(24(25,26)27)29-30(21)2/h3-11H,1-2H3/q+1. The summed E-state index contributed by atoms with van der Waals surface area (Å²) in [6.45, 7) is 1.96. The first-order valence-corrected chi connectivity index (χ1v) is 10.3. The van der Waals surface area contributed by atoms with E-state index < -0.39 is 11.9 Å². The molecule has 31 heavy (non-hydrogen) atoms. The van der Waals surface area contributed by atoms with Crippen LogP contribution in [0.5, 0.6) is 0 Å². The number of nitrogens with zero attached hydrogens (tertiary/aromatic N) is 3. The number of hydrogen-bond donors (Lipinski definition) is 0. The normalized spacial score (nSPS) is 12.0. The van der Waals surface area contributed by atoms with Crippen molar-refractivity contribution in [1.82, 2.24) is 5.10 Å². The van der Waals surface area contributed by atoms with Crippen LogP contribution in [0.4, 0.5) is 13.2 Å². The number of thiophene rings is 1. The number of hydrogen-bond acceptors (Lipinski definition) is 3. The van der Waals surface area contributed by atoms with Crippen molar-refractivity contribution in [2.24, 2.45) is 7.05 Å². The van der Waals surface area contributed by atoms with Gasteiger partial charge >= 0.3 is 6.18 Å². The highest BCUT2D eigenvalue weighted by molar-refractivity contribution is 7.22. The summed E-state index contributed by atoms with van der Waals surface area (Å²) in [5.41, 5.74) is 0.498. The number of aromatic nitrogens is 2. The van der Waals surface area contributed by atoms with Gasteiger partial charge in [0.25, 0.3) is 5.69 Å². The smallest absolute Gasteiger partial charge is 0.192 e. The predicted molar refractivity (Wildman–Crippen MR) is 116 cm³/mol. The zero-order valence-electron chi connectivity index (χ0n) is 16.6. The van der Waals surface area contributed by atoms with Crippen LogP contribution in [0.3, 0.4) is 0 Å². The summed E-state index contributed by atoms with van der Waals surface area (Å²) in [6, 6.07) is 18.6. The minimum Gasteiger partial charge on any atom is -0.192 e. The minimum atomic E-state index is -4.70. The third-order valence-corrected chi connectivity index (χ3v) is 6.83. The summed E-state index contributed by atoms with van der Waals surface area (Å²) in [4.78, 5) is 0.842. The molecule has 0 aliphatic heterocycles. The van der Waals surface area contributed by atoms with E-state index in [2.05, 4.69) is 5.10 Å². The van der Waals surface area contributed by atoms with Crippen molar-refractivity contribution >= 4 is 43.0 Å². The average Bonchev–Trinajstić information content (AvgIpc) is 3.07. The Bertz CT molecular complexity index is 1560. The second kappa shape index (κ2) is 6.76. The number of halogens is 3. The van der Waals surface area contributed by atoms with Gasteiger partial charge in [-0.15, -0.1) is 11.3 Å². The first-order valence-electron chi connectivity index (χ1n) is 9.53. The molecule has 0 bridgehead atoms. The Hall–Kier alpha value is -3.50. The first kappa shape index (κ1) is 19.5. The van der Waals surface area contributed by atoms with Crippen LogP contribution in [-0.2, 0) is 13.2 Å². The van der Waals surface area contributed by atoms with Crippen LogP contribution in [0.1, 0.15) is 16.8 Å². The highest BCUT2D eigenvalue weighted by Crippen LogP contribution is 2.43. The van der Waals surface area contributed by atoms with Gasteiger partial charge in [0.05, 0.1) is 10.9 Å². The molecule has 3 aromatic carbocycles. The maximum Gasteiger partial charge on any atom is 0.439 e. The molecule has 0 unspecified atom stereocenters. The molecule has 0 radical (unpaired) electrons. The van der Waals surface area contributed by atoms with Crippen molar-refractivity contribution in [3.63, 3.8) is 0 Å². The van der Waals surface area contributed by atoms with Gasteiger partial charge < -0.3 is 0 Å². The molecule has 2 aromatic heterocycles. The summed E-state index contributed by atoms with van der Waals surface area (Å²) in [7, 11) is 1.52. The van der Waals surface area contributed by atoms with E-state index in [0.29, 0.717) is 21.9 Å². The van der Waals surface area contributed by atoms with E-state index >= 15 is 0 Å². The van der Waals surface area contributed by atoms with Crippen molar-refractivity contribution in [1.29, 1.82) is 5.26 Å². The quantitative estimate of drug-likeness (QED) is 0.230. The molecular formula is C24H15F3N3S+. The van der Waals surface area contributed by atoms with Crippen LogP contribution >= 0.6 is 11.3 Å². The van der Waals surface area contributed by atoms with Crippen LogP contribution in [0.25, 0.3) is 42.2 Å². The van der Waals surface area contributed by atoms with Crippen molar-refractivity contribution in [2.75, 3.05) is 0 Å². The lowest BCUT2D eigenvalue weighted by molar-refractivity contribution is -0.720. The van der Waals surface area contributed by atoms with Crippen molar-refractivity contribution < 1.29 is 17.9 Å². The van der Waals surface area contributed by atoms with Gasteiger partial charge in [-0.05, 0) is 35.4 Å². The number of alkyl halides is 3. The molecule has 0 aliphatic carbocycles. The van der Waals surface area contributed by atoms with Gasteiger partial charge in [0.2, 0.25) is 5.69 Å². The highest BCUT2D eigenvalue weighted by Gasteiger charge is 2.41. The predicted octanol–water partition coefficient (Wildman–Crippen LogP) is 6.29. The van der Waals surface area contributed by atoms with E-state index in [9.17, 15) is 18.4 Å². The maximum atomic E-state index is 14.0. The molecule has 152 valence electrons. The van der Waals surface area contributed by atoms with Crippen molar-refractivity contribution in [3.05, 3.63) is 71.4 Å². The molecule has 0 aliphatic rings. The fourth-order valence-electron chi connectivity index (χ4n) is 4.19. The van der Waals surface area contributed by atoms with Gasteiger partial charge in [-0.2, -0.15) is 18.4 Å². The monoisotopic (exact) mass is 434 g/mol. The number of nitriles is 1. The third-order valence-electron chi connectivity index (χ3n) is 5.55. The van der Waals surface area contributed by atoms with Crippen molar-refractivity contribution in [3.8, 4) is 16.6 Å². The Labute approximate surface area is 179 Å².